The third-order valence-electron chi connectivity index (χ3n) is 6.12. The summed E-state index contributed by atoms with van der Waals surface area (Å²) in [4.78, 5) is 65.0. The number of likely N-dealkylation sites (tertiary alicyclic amines) is 1. The third kappa shape index (κ3) is 3.78. The number of carbonyl (C=O) groups is 5. The molecule has 10 nitrogen and oxygen atoms in total. The molecular weight excluding hydrogens is 402 g/mol. The minimum absolute atomic E-state index is 0.00997. The summed E-state index contributed by atoms with van der Waals surface area (Å²) in [6.45, 7) is 1.02. The van der Waals surface area contributed by atoms with Crippen molar-refractivity contribution < 1.29 is 24.0 Å². The Morgan fingerprint density at radius 1 is 1.13 bits per heavy atom. The molecule has 10 heteroatoms. The first-order valence-corrected chi connectivity index (χ1v) is 10.5. The topological polar surface area (TPSA) is 142 Å². The van der Waals surface area contributed by atoms with Gasteiger partial charge in [-0.15, -0.1) is 0 Å². The fourth-order valence-corrected chi connectivity index (χ4v) is 4.51. The highest BCUT2D eigenvalue weighted by Gasteiger charge is 2.45. The van der Waals surface area contributed by atoms with Crippen molar-refractivity contribution in [2.24, 2.45) is 5.73 Å². The molecule has 1 aromatic rings. The van der Waals surface area contributed by atoms with Crippen molar-refractivity contribution in [3.8, 4) is 0 Å². The molecule has 0 bridgehead atoms. The molecule has 1 aromatic carbocycles. The Morgan fingerprint density at radius 2 is 1.94 bits per heavy atom. The van der Waals surface area contributed by atoms with E-state index >= 15 is 0 Å². The van der Waals surface area contributed by atoms with Crippen molar-refractivity contribution in [2.75, 3.05) is 25.0 Å². The smallest absolute Gasteiger partial charge is 0.264 e. The maximum absolute atomic E-state index is 13.1. The van der Waals surface area contributed by atoms with E-state index in [1.54, 1.807) is 17.0 Å². The number of amides is 5. The Hall–Kier alpha value is -3.27. The summed E-state index contributed by atoms with van der Waals surface area (Å²) in [6.07, 6.45) is 2.99. The number of imide groups is 2. The summed E-state index contributed by atoms with van der Waals surface area (Å²) in [6, 6.07) is 3.74. The van der Waals surface area contributed by atoms with E-state index in [0.717, 1.165) is 24.2 Å². The zero-order valence-corrected chi connectivity index (χ0v) is 17.1. The Balaban J connectivity index is 1.51. The maximum Gasteiger partial charge on any atom is 0.264 e. The predicted octanol–water partition coefficient (Wildman–Crippen LogP) is -0.160. The average Bonchev–Trinajstić information content (AvgIpc) is 3.03. The van der Waals surface area contributed by atoms with Gasteiger partial charge in [0.05, 0.1) is 17.7 Å². The second-order valence-corrected chi connectivity index (χ2v) is 8.00. The molecule has 164 valence electrons. The lowest BCUT2D eigenvalue weighted by atomic mass is 10.0. The number of rotatable bonds is 5. The zero-order valence-electron chi connectivity index (χ0n) is 17.1. The fourth-order valence-electron chi connectivity index (χ4n) is 4.51. The quantitative estimate of drug-likeness (QED) is 0.554. The van der Waals surface area contributed by atoms with Crippen LogP contribution in [0.25, 0.3) is 0 Å². The Kier molecular flexibility index (Phi) is 5.73. The minimum atomic E-state index is -1.03. The molecular formula is C21H25N5O5. The third-order valence-corrected chi connectivity index (χ3v) is 6.12. The second kappa shape index (κ2) is 8.46. The molecule has 3 aliphatic rings. The molecule has 31 heavy (non-hydrogen) atoms. The summed E-state index contributed by atoms with van der Waals surface area (Å²) in [7, 11) is 0. The van der Waals surface area contributed by atoms with Gasteiger partial charge >= 0.3 is 0 Å². The first-order chi connectivity index (χ1) is 14.9. The number of anilines is 1. The fraction of sp³-hybridized carbons (Fsp3) is 0.476. The van der Waals surface area contributed by atoms with Crippen LogP contribution >= 0.6 is 0 Å². The molecule has 2 atom stereocenters. The number of hydrogen-bond donors (Lipinski definition) is 3. The van der Waals surface area contributed by atoms with Crippen LogP contribution < -0.4 is 16.4 Å². The number of fused-ring (bicyclic) bond motifs is 1. The molecule has 0 aliphatic carbocycles. The highest BCUT2D eigenvalue weighted by Crippen LogP contribution is 2.32. The zero-order chi connectivity index (χ0) is 22.1. The molecule has 2 saturated heterocycles. The van der Waals surface area contributed by atoms with Crippen LogP contribution in [0.5, 0.6) is 0 Å². The van der Waals surface area contributed by atoms with E-state index < -0.39 is 29.7 Å². The molecule has 4 rings (SSSR count). The normalized spacial score (nSPS) is 23.6. The van der Waals surface area contributed by atoms with Crippen molar-refractivity contribution in [1.29, 1.82) is 0 Å². The number of nitrogens with one attached hydrogen (secondary N) is 2. The number of nitrogens with zero attached hydrogens (tertiary/aromatic N) is 2. The van der Waals surface area contributed by atoms with E-state index in [2.05, 4.69) is 10.6 Å². The second-order valence-electron chi connectivity index (χ2n) is 8.00. The first kappa shape index (κ1) is 21.0. The van der Waals surface area contributed by atoms with Gasteiger partial charge in [-0.1, -0.05) is 6.07 Å². The van der Waals surface area contributed by atoms with Gasteiger partial charge in [0.1, 0.15) is 6.04 Å². The molecule has 3 heterocycles. The summed E-state index contributed by atoms with van der Waals surface area (Å²) in [5.41, 5.74) is 6.47. The number of benzene rings is 1. The predicted molar refractivity (Wildman–Crippen MR) is 110 cm³/mol. The van der Waals surface area contributed by atoms with Crippen molar-refractivity contribution in [2.45, 2.75) is 44.2 Å². The highest BCUT2D eigenvalue weighted by atomic mass is 16.2. The van der Waals surface area contributed by atoms with Crippen molar-refractivity contribution >= 4 is 35.2 Å². The summed E-state index contributed by atoms with van der Waals surface area (Å²) < 4.78 is 0. The van der Waals surface area contributed by atoms with Crippen LogP contribution in [0.3, 0.4) is 0 Å². The van der Waals surface area contributed by atoms with Crippen molar-refractivity contribution in [3.05, 3.63) is 29.3 Å². The standard InChI is InChI=1S/C21H25N5O5/c22-10-12-4-1-2-9-25(12)17(28)11-23-14-6-3-5-13-18(14)21(31)26(20(13)30)15-7-8-16(27)24-19(15)29/h3,5-6,12,15,23H,1-2,4,7-11,22H2,(H,24,27,29)/t12-,15?/m1/s1. The number of hydrogen-bond acceptors (Lipinski definition) is 7. The minimum Gasteiger partial charge on any atom is -0.375 e. The van der Waals surface area contributed by atoms with Gasteiger partial charge in [0, 0.05) is 31.2 Å². The van der Waals surface area contributed by atoms with Crippen LogP contribution in [0, 0.1) is 0 Å². The van der Waals surface area contributed by atoms with E-state index in [1.165, 1.54) is 6.07 Å². The lowest BCUT2D eigenvalue weighted by Crippen LogP contribution is -2.54. The van der Waals surface area contributed by atoms with E-state index in [1.807, 2.05) is 0 Å². The monoisotopic (exact) mass is 427 g/mol. The van der Waals surface area contributed by atoms with Gasteiger partial charge in [0.25, 0.3) is 11.8 Å². The van der Waals surface area contributed by atoms with Crippen LogP contribution in [0.1, 0.15) is 52.8 Å². The molecule has 0 aromatic heterocycles. The summed E-state index contributed by atoms with van der Waals surface area (Å²) in [5, 5.41) is 5.17. The average molecular weight is 427 g/mol. The van der Waals surface area contributed by atoms with Crippen LogP contribution in [0.15, 0.2) is 18.2 Å². The van der Waals surface area contributed by atoms with Gasteiger partial charge in [-0.2, -0.15) is 0 Å². The van der Waals surface area contributed by atoms with Gasteiger partial charge < -0.3 is 16.0 Å². The number of piperidine rings is 2. The van der Waals surface area contributed by atoms with Gasteiger partial charge in [-0.3, -0.25) is 34.2 Å². The first-order valence-electron chi connectivity index (χ1n) is 10.5. The van der Waals surface area contributed by atoms with Crippen molar-refractivity contribution in [3.63, 3.8) is 0 Å². The van der Waals surface area contributed by atoms with Crippen LogP contribution in [-0.2, 0) is 14.4 Å². The van der Waals surface area contributed by atoms with E-state index in [-0.39, 0.29) is 42.5 Å². The number of carbonyl (C=O) groups excluding carboxylic acids is 5. The molecule has 5 amide bonds. The Bertz CT molecular complexity index is 961. The molecule has 1 unspecified atom stereocenters. The molecule has 0 saturated carbocycles. The molecule has 4 N–H and O–H groups in total. The number of nitrogens with two attached hydrogens (primary N) is 1. The van der Waals surface area contributed by atoms with Gasteiger partial charge in [0.2, 0.25) is 17.7 Å². The SMILES string of the molecule is NC[C@H]1CCCCN1C(=O)CNc1cccc2c1C(=O)N(C1CCC(=O)NC1=O)C2=O. The van der Waals surface area contributed by atoms with E-state index in [9.17, 15) is 24.0 Å². The lowest BCUT2D eigenvalue weighted by molar-refractivity contribution is -0.136. The Labute approximate surface area is 179 Å². The van der Waals surface area contributed by atoms with Gasteiger partial charge in [0.15, 0.2) is 0 Å². The van der Waals surface area contributed by atoms with Crippen LogP contribution in [0.4, 0.5) is 5.69 Å². The molecule has 2 fully saturated rings. The lowest BCUT2D eigenvalue weighted by Gasteiger charge is -2.35. The van der Waals surface area contributed by atoms with Crippen molar-refractivity contribution in [1.82, 2.24) is 15.1 Å². The van der Waals surface area contributed by atoms with E-state index in [0.29, 0.717) is 18.8 Å². The molecule has 0 spiro atoms. The van der Waals surface area contributed by atoms with Crippen LogP contribution in [-0.4, -0.2) is 71.1 Å². The van der Waals surface area contributed by atoms with E-state index in [4.69, 9.17) is 5.73 Å². The van der Waals surface area contributed by atoms with Gasteiger partial charge in [-0.05, 0) is 37.8 Å². The molecule has 3 aliphatic heterocycles. The van der Waals surface area contributed by atoms with Gasteiger partial charge in [-0.25, -0.2) is 0 Å². The van der Waals surface area contributed by atoms with Crippen LogP contribution in [0.2, 0.25) is 0 Å². The summed E-state index contributed by atoms with van der Waals surface area (Å²) >= 11 is 0. The summed E-state index contributed by atoms with van der Waals surface area (Å²) in [5.74, 6) is -2.39. The largest absolute Gasteiger partial charge is 0.375 e. The Morgan fingerprint density at radius 3 is 2.68 bits per heavy atom. The highest BCUT2D eigenvalue weighted by molar-refractivity contribution is 6.25. The maximum atomic E-state index is 13.1. The molecule has 0 radical (unpaired) electrons.